The van der Waals surface area contributed by atoms with E-state index in [1.165, 1.54) is 0 Å². The summed E-state index contributed by atoms with van der Waals surface area (Å²) in [4.78, 5) is 11.4. The highest BCUT2D eigenvalue weighted by atomic mass is 31.1. The van der Waals surface area contributed by atoms with Crippen molar-refractivity contribution in [2.24, 2.45) is 11.8 Å². The summed E-state index contributed by atoms with van der Waals surface area (Å²) in [6.45, 7) is 2.05. The molecular weight excluding hydrogens is 293 g/mol. The van der Waals surface area contributed by atoms with Gasteiger partial charge in [0.05, 0.1) is 18.6 Å². The van der Waals surface area contributed by atoms with Crippen LogP contribution < -0.4 is 0 Å². The lowest BCUT2D eigenvalue weighted by Crippen LogP contribution is -2.24. The molecule has 112 valence electrons. The first-order valence-corrected chi connectivity index (χ1v) is 8.57. The van der Waals surface area contributed by atoms with Gasteiger partial charge in [0.2, 0.25) is 0 Å². The van der Waals surface area contributed by atoms with Crippen molar-refractivity contribution in [2.45, 2.75) is 50.9 Å². The smallest absolute Gasteiger partial charge is 0.336 e. The molecule has 0 aromatic rings. The molecule has 2 aliphatic rings. The van der Waals surface area contributed by atoms with Gasteiger partial charge in [0.1, 0.15) is 6.10 Å². The number of aliphatic hydroxyl groups is 1. The van der Waals surface area contributed by atoms with Gasteiger partial charge in [-0.1, -0.05) is 25.5 Å². The van der Waals surface area contributed by atoms with Crippen LogP contribution in [0, 0.1) is 11.8 Å². The van der Waals surface area contributed by atoms with E-state index >= 15 is 0 Å². The molecule has 2 unspecified atom stereocenters. The maximum absolute atomic E-state index is 11.4. The van der Waals surface area contributed by atoms with E-state index in [1.807, 2.05) is 19.1 Å². The topological polar surface area (TPSA) is 55.8 Å². The molecule has 0 aromatic heterocycles. The van der Waals surface area contributed by atoms with E-state index in [-0.39, 0.29) is 36.4 Å². The van der Waals surface area contributed by atoms with Gasteiger partial charge in [0.15, 0.2) is 0 Å². The molecule has 1 heterocycles. The van der Waals surface area contributed by atoms with E-state index in [0.29, 0.717) is 6.42 Å². The Bertz CT molecular complexity index is 377. The minimum absolute atomic E-state index is 0.00834. The van der Waals surface area contributed by atoms with Crippen LogP contribution in [0.4, 0.5) is 0 Å². The average Bonchev–Trinajstić information content (AvgIpc) is 2.82. The van der Waals surface area contributed by atoms with Crippen LogP contribution in [0.1, 0.15) is 32.6 Å². The predicted molar refractivity (Wildman–Crippen MR) is 86.2 cm³/mol. The Morgan fingerprint density at radius 3 is 3.00 bits per heavy atom. The molecule has 20 heavy (non-hydrogen) atoms. The maximum Gasteiger partial charge on any atom is 0.336 e. The minimum Gasteiger partial charge on any atom is -0.462 e. The highest BCUT2D eigenvalue weighted by molar-refractivity contribution is 7.92. The molecule has 1 saturated heterocycles. The second-order valence-electron chi connectivity index (χ2n) is 5.59. The SMILES string of the molecule is CCC[C@@H](O)/C=C/[C@@H]1[C@H]2CC(=O)O[C@H]2C[C@H]1OB(P)P. The number of carbonyl (C=O) groups excluding carboxylic acids is 1. The molecule has 1 N–H and O–H groups in total. The number of esters is 1. The van der Waals surface area contributed by atoms with Crippen molar-refractivity contribution in [3.63, 3.8) is 0 Å². The number of aliphatic hydroxyl groups excluding tert-OH is 1. The minimum atomic E-state index is -0.416. The molecule has 1 saturated carbocycles. The van der Waals surface area contributed by atoms with E-state index in [9.17, 15) is 9.90 Å². The molecule has 7 heteroatoms. The zero-order valence-corrected chi connectivity index (χ0v) is 14.1. The zero-order valence-electron chi connectivity index (χ0n) is 11.8. The number of rotatable bonds is 6. The van der Waals surface area contributed by atoms with E-state index < -0.39 is 6.10 Å². The van der Waals surface area contributed by atoms with Gasteiger partial charge in [-0.3, -0.25) is 4.79 Å². The van der Waals surface area contributed by atoms with Gasteiger partial charge in [-0.15, -0.1) is 18.2 Å². The Labute approximate surface area is 125 Å². The van der Waals surface area contributed by atoms with Crippen molar-refractivity contribution in [1.29, 1.82) is 0 Å². The van der Waals surface area contributed by atoms with Gasteiger partial charge in [-0.25, -0.2) is 0 Å². The summed E-state index contributed by atoms with van der Waals surface area (Å²) < 4.78 is 11.2. The molecule has 1 aliphatic carbocycles. The Morgan fingerprint density at radius 2 is 2.35 bits per heavy atom. The third-order valence-electron chi connectivity index (χ3n) is 4.02. The van der Waals surface area contributed by atoms with E-state index in [0.717, 1.165) is 19.3 Å². The van der Waals surface area contributed by atoms with Crippen LogP contribution in [0.3, 0.4) is 0 Å². The second kappa shape index (κ2) is 7.36. The Morgan fingerprint density at radius 1 is 1.60 bits per heavy atom. The largest absolute Gasteiger partial charge is 0.462 e. The molecule has 7 atom stereocenters. The molecule has 2 rings (SSSR count). The van der Waals surface area contributed by atoms with E-state index in [4.69, 9.17) is 9.39 Å². The van der Waals surface area contributed by atoms with Crippen LogP contribution in [0.25, 0.3) is 0 Å². The van der Waals surface area contributed by atoms with Crippen LogP contribution in [0.2, 0.25) is 0 Å². The Balaban J connectivity index is 2.05. The highest BCUT2D eigenvalue weighted by Gasteiger charge is 2.49. The van der Waals surface area contributed by atoms with Crippen LogP contribution in [-0.2, 0) is 14.2 Å². The molecule has 0 bridgehead atoms. The van der Waals surface area contributed by atoms with Crippen molar-refractivity contribution in [2.75, 3.05) is 0 Å². The van der Waals surface area contributed by atoms with Crippen molar-refractivity contribution in [3.8, 4) is 0 Å². The fourth-order valence-electron chi connectivity index (χ4n) is 3.16. The summed E-state index contributed by atoms with van der Waals surface area (Å²) in [6.07, 6.45) is 6.37. The molecule has 4 nitrogen and oxygen atoms in total. The number of hydrogen-bond acceptors (Lipinski definition) is 4. The van der Waals surface area contributed by atoms with Crippen molar-refractivity contribution in [1.82, 2.24) is 0 Å². The van der Waals surface area contributed by atoms with Crippen LogP contribution in [0.15, 0.2) is 12.2 Å². The molecule has 2 fully saturated rings. The van der Waals surface area contributed by atoms with E-state index in [1.54, 1.807) is 0 Å². The monoisotopic (exact) mass is 316 g/mol. The normalized spacial score (nSPS) is 34.3. The van der Waals surface area contributed by atoms with Crippen molar-refractivity contribution < 1.29 is 19.3 Å². The van der Waals surface area contributed by atoms with Gasteiger partial charge in [0.25, 0.3) is 0 Å². The van der Waals surface area contributed by atoms with Crippen molar-refractivity contribution in [3.05, 3.63) is 12.2 Å². The second-order valence-corrected chi connectivity index (χ2v) is 7.67. The van der Waals surface area contributed by atoms with Crippen molar-refractivity contribution >= 4 is 30.6 Å². The molecule has 0 radical (unpaired) electrons. The summed E-state index contributed by atoms with van der Waals surface area (Å²) in [5.41, 5.74) is 0. The zero-order chi connectivity index (χ0) is 14.7. The summed E-state index contributed by atoms with van der Waals surface area (Å²) in [6, 6.07) is 0. The quantitative estimate of drug-likeness (QED) is 0.351. The molecule has 1 aliphatic heterocycles. The first-order chi connectivity index (χ1) is 9.51. The maximum atomic E-state index is 11.4. The first kappa shape index (κ1) is 16.4. The molecule has 0 amide bonds. The summed E-state index contributed by atoms with van der Waals surface area (Å²) in [7, 11) is 5.20. The number of carbonyl (C=O) groups is 1. The number of fused-ring (bicyclic) bond motifs is 1. The first-order valence-electron chi connectivity index (χ1n) is 7.23. The third kappa shape index (κ3) is 4.04. The molecule has 0 spiro atoms. The fourth-order valence-corrected chi connectivity index (χ4v) is 3.56. The lowest BCUT2D eigenvalue weighted by molar-refractivity contribution is -0.141. The predicted octanol–water partition coefficient (Wildman–Crippen LogP) is 1.78. The molecule has 0 aromatic carbocycles. The van der Waals surface area contributed by atoms with Crippen LogP contribution in [0.5, 0.6) is 0 Å². The van der Waals surface area contributed by atoms with Crippen LogP contribution >= 0.6 is 18.2 Å². The number of ether oxygens (including phenoxy) is 1. The lowest BCUT2D eigenvalue weighted by Gasteiger charge is -2.22. The Hall–Kier alpha value is 0.0549. The fraction of sp³-hybridized carbons (Fsp3) is 0.769. The number of hydrogen-bond donors (Lipinski definition) is 1. The van der Waals surface area contributed by atoms with E-state index in [2.05, 4.69) is 18.2 Å². The van der Waals surface area contributed by atoms with Gasteiger partial charge in [0, 0.05) is 18.3 Å². The van der Waals surface area contributed by atoms with Gasteiger partial charge in [-0.05, 0) is 6.42 Å². The molecular formula is C13H23BO4P2. The summed E-state index contributed by atoms with van der Waals surface area (Å²) in [5.74, 6) is 0.215. The highest BCUT2D eigenvalue weighted by Crippen LogP contribution is 2.44. The van der Waals surface area contributed by atoms with Gasteiger partial charge >= 0.3 is 12.3 Å². The summed E-state index contributed by atoms with van der Waals surface area (Å²) in [5, 5.41) is 9.84. The average molecular weight is 316 g/mol. The Kier molecular flexibility index (Phi) is 6.04. The van der Waals surface area contributed by atoms with Crippen LogP contribution in [-0.4, -0.2) is 35.7 Å². The lowest BCUT2D eigenvalue weighted by atomic mass is 9.91. The summed E-state index contributed by atoms with van der Waals surface area (Å²) >= 11 is 0. The third-order valence-corrected chi connectivity index (χ3v) is 4.34. The van der Waals surface area contributed by atoms with Gasteiger partial charge < -0.3 is 14.5 Å². The standard InChI is InChI=1S/C13H23BO4P2/c1-2-3-8(15)4-5-9-10-6-13(16)17-11(10)7-12(9)18-14(19)20/h4-5,8-12,15H,2-3,6-7,19-20H2,1H3/b5-4+/t8-,9-,10-,11+,12-/m1/s1. The van der Waals surface area contributed by atoms with Gasteiger partial charge in [-0.2, -0.15) is 0 Å².